The SMILES string of the molecule is CCCCCc1ccc(CCCCC)c(OCCCCS(=O)(=O)[O-])c1.[Na+]. The molecular formula is C20H33NaO4S. The van der Waals surface area contributed by atoms with Gasteiger partial charge in [-0.1, -0.05) is 51.7 Å². The van der Waals surface area contributed by atoms with Crippen LogP contribution < -0.4 is 34.3 Å². The van der Waals surface area contributed by atoms with Crippen LogP contribution in [0.3, 0.4) is 0 Å². The van der Waals surface area contributed by atoms with Crippen LogP contribution in [0.5, 0.6) is 5.75 Å². The van der Waals surface area contributed by atoms with E-state index in [1.165, 1.54) is 43.2 Å². The van der Waals surface area contributed by atoms with Crippen molar-refractivity contribution in [2.75, 3.05) is 12.4 Å². The van der Waals surface area contributed by atoms with Crippen molar-refractivity contribution in [2.24, 2.45) is 0 Å². The average Bonchev–Trinajstić information content (AvgIpc) is 2.55. The minimum Gasteiger partial charge on any atom is -0.748 e. The van der Waals surface area contributed by atoms with Crippen LogP contribution >= 0.6 is 0 Å². The third-order valence-electron chi connectivity index (χ3n) is 4.30. The molecule has 144 valence electrons. The number of unbranched alkanes of at least 4 members (excludes halogenated alkanes) is 5. The van der Waals surface area contributed by atoms with Gasteiger partial charge in [-0.25, -0.2) is 8.42 Å². The van der Waals surface area contributed by atoms with Crippen molar-refractivity contribution in [1.82, 2.24) is 0 Å². The Morgan fingerprint density at radius 1 is 0.923 bits per heavy atom. The maximum atomic E-state index is 10.6. The molecule has 0 saturated heterocycles. The van der Waals surface area contributed by atoms with Gasteiger partial charge in [0.25, 0.3) is 0 Å². The van der Waals surface area contributed by atoms with Gasteiger partial charge in [0.05, 0.1) is 16.7 Å². The number of benzene rings is 1. The Balaban J connectivity index is 0.00000625. The first-order valence-electron chi connectivity index (χ1n) is 9.64. The van der Waals surface area contributed by atoms with E-state index in [1.807, 2.05) is 0 Å². The molecule has 4 nitrogen and oxygen atoms in total. The molecule has 0 atom stereocenters. The maximum absolute atomic E-state index is 10.6. The molecule has 0 heterocycles. The summed E-state index contributed by atoms with van der Waals surface area (Å²) in [4.78, 5) is 0. The van der Waals surface area contributed by atoms with Crippen LogP contribution in [0.15, 0.2) is 18.2 Å². The van der Waals surface area contributed by atoms with E-state index in [1.54, 1.807) is 0 Å². The smallest absolute Gasteiger partial charge is 0.748 e. The number of ether oxygens (including phenoxy) is 1. The molecule has 0 bridgehead atoms. The topological polar surface area (TPSA) is 66.4 Å². The predicted molar refractivity (Wildman–Crippen MR) is 102 cm³/mol. The summed E-state index contributed by atoms with van der Waals surface area (Å²) >= 11 is 0. The molecule has 1 aromatic rings. The molecule has 0 aliphatic carbocycles. The summed E-state index contributed by atoms with van der Waals surface area (Å²) < 4.78 is 37.8. The van der Waals surface area contributed by atoms with Crippen LogP contribution in [0, 0.1) is 0 Å². The first kappa shape index (κ1) is 25.9. The van der Waals surface area contributed by atoms with Crippen molar-refractivity contribution in [2.45, 2.75) is 78.1 Å². The quantitative estimate of drug-likeness (QED) is 0.275. The Morgan fingerprint density at radius 2 is 1.58 bits per heavy atom. The van der Waals surface area contributed by atoms with Gasteiger partial charge in [0, 0.05) is 5.75 Å². The van der Waals surface area contributed by atoms with Crippen molar-refractivity contribution < 1.29 is 47.3 Å². The van der Waals surface area contributed by atoms with E-state index in [0.29, 0.717) is 19.4 Å². The van der Waals surface area contributed by atoms with Crippen molar-refractivity contribution in [3.63, 3.8) is 0 Å². The molecule has 0 aromatic heterocycles. The van der Waals surface area contributed by atoms with E-state index in [9.17, 15) is 13.0 Å². The second-order valence-corrected chi connectivity index (χ2v) is 8.20. The molecule has 1 aromatic carbocycles. The van der Waals surface area contributed by atoms with E-state index in [2.05, 4.69) is 32.0 Å². The van der Waals surface area contributed by atoms with Gasteiger partial charge in [-0.3, -0.25) is 0 Å². The number of rotatable bonds is 14. The van der Waals surface area contributed by atoms with Crippen molar-refractivity contribution in [1.29, 1.82) is 0 Å². The second kappa shape index (κ2) is 14.9. The number of aryl methyl sites for hydroxylation is 2. The first-order chi connectivity index (χ1) is 12.0. The molecule has 0 aliphatic rings. The van der Waals surface area contributed by atoms with Crippen LogP contribution in [0.4, 0.5) is 0 Å². The summed E-state index contributed by atoms with van der Waals surface area (Å²) in [5.74, 6) is 0.617. The fraction of sp³-hybridized carbons (Fsp3) is 0.700. The molecule has 0 radical (unpaired) electrons. The van der Waals surface area contributed by atoms with E-state index in [4.69, 9.17) is 4.74 Å². The summed E-state index contributed by atoms with van der Waals surface area (Å²) in [6.45, 7) is 4.85. The number of hydrogen-bond acceptors (Lipinski definition) is 4. The zero-order valence-electron chi connectivity index (χ0n) is 16.8. The normalized spacial score (nSPS) is 11.2. The van der Waals surface area contributed by atoms with Gasteiger partial charge >= 0.3 is 29.6 Å². The molecule has 0 amide bonds. The molecule has 26 heavy (non-hydrogen) atoms. The standard InChI is InChI=1S/C20H34O4S.Na/c1-3-5-7-11-18-13-14-19(12-8-6-4-2)20(17-18)24-15-9-10-16-25(21,22)23;/h13-14,17H,3-12,15-16H2,1-2H3,(H,21,22,23);/q;+1/p-1. The largest absolute Gasteiger partial charge is 1.00 e. The molecule has 0 saturated carbocycles. The zero-order chi connectivity index (χ0) is 18.5. The van der Waals surface area contributed by atoms with Crippen LogP contribution in [-0.4, -0.2) is 25.3 Å². The molecule has 0 fully saturated rings. The first-order valence-corrected chi connectivity index (χ1v) is 11.2. The zero-order valence-corrected chi connectivity index (χ0v) is 19.6. The van der Waals surface area contributed by atoms with Crippen LogP contribution in [0.25, 0.3) is 0 Å². The summed E-state index contributed by atoms with van der Waals surface area (Å²) in [5, 5.41) is 0. The third kappa shape index (κ3) is 12.3. The van der Waals surface area contributed by atoms with Gasteiger partial charge in [0.15, 0.2) is 0 Å². The van der Waals surface area contributed by atoms with E-state index in [0.717, 1.165) is 25.0 Å². The van der Waals surface area contributed by atoms with Gasteiger partial charge in [0.2, 0.25) is 0 Å². The molecular weight excluding hydrogens is 359 g/mol. The molecule has 0 N–H and O–H groups in total. The average molecular weight is 393 g/mol. The Labute approximate surface area is 182 Å². The second-order valence-electron chi connectivity index (χ2n) is 6.67. The maximum Gasteiger partial charge on any atom is 1.00 e. The predicted octanol–water partition coefficient (Wildman–Crippen LogP) is 1.86. The van der Waals surface area contributed by atoms with Crippen molar-refractivity contribution in [3.8, 4) is 5.75 Å². The minimum atomic E-state index is -4.12. The Bertz CT molecular complexity index is 587. The monoisotopic (exact) mass is 392 g/mol. The summed E-state index contributed by atoms with van der Waals surface area (Å²) in [6, 6.07) is 6.52. The third-order valence-corrected chi connectivity index (χ3v) is 5.09. The van der Waals surface area contributed by atoms with Crippen LogP contribution in [0.1, 0.15) is 76.3 Å². The fourth-order valence-electron chi connectivity index (χ4n) is 2.80. The Morgan fingerprint density at radius 3 is 2.19 bits per heavy atom. The summed E-state index contributed by atoms with van der Waals surface area (Å²) in [5.41, 5.74) is 2.52. The van der Waals surface area contributed by atoms with E-state index >= 15 is 0 Å². The Kier molecular flexibility index (Phi) is 14.9. The molecule has 6 heteroatoms. The van der Waals surface area contributed by atoms with E-state index < -0.39 is 10.1 Å². The van der Waals surface area contributed by atoms with Crippen LogP contribution in [-0.2, 0) is 23.0 Å². The van der Waals surface area contributed by atoms with Gasteiger partial charge < -0.3 is 9.29 Å². The minimum absolute atomic E-state index is 0. The van der Waals surface area contributed by atoms with Gasteiger partial charge in [0.1, 0.15) is 5.75 Å². The van der Waals surface area contributed by atoms with Gasteiger partial charge in [-0.15, -0.1) is 0 Å². The van der Waals surface area contributed by atoms with Crippen LogP contribution in [0.2, 0.25) is 0 Å². The van der Waals surface area contributed by atoms with Gasteiger partial charge in [-0.2, -0.15) is 0 Å². The molecule has 1 rings (SSSR count). The fourth-order valence-corrected chi connectivity index (χ4v) is 3.36. The van der Waals surface area contributed by atoms with Gasteiger partial charge in [-0.05, 0) is 55.7 Å². The molecule has 0 aliphatic heterocycles. The van der Waals surface area contributed by atoms with Crippen molar-refractivity contribution in [3.05, 3.63) is 29.3 Å². The molecule has 0 spiro atoms. The number of hydrogen-bond donors (Lipinski definition) is 0. The van der Waals surface area contributed by atoms with Crippen molar-refractivity contribution >= 4 is 10.1 Å². The molecule has 0 unspecified atom stereocenters. The Hall–Kier alpha value is -0.0700. The summed E-state index contributed by atoms with van der Waals surface area (Å²) in [7, 11) is -4.12. The summed E-state index contributed by atoms with van der Waals surface area (Å²) in [6.07, 6.45) is 10.2. The van der Waals surface area contributed by atoms with E-state index in [-0.39, 0.29) is 35.3 Å².